The number of H-pyrrole nitrogens is 1. The largest absolute Gasteiger partial charge is 0.444 e. The molecule has 2 aromatic heterocycles. The number of aromatic nitrogens is 2. The summed E-state index contributed by atoms with van der Waals surface area (Å²) in [7, 11) is 0. The van der Waals surface area contributed by atoms with Crippen LogP contribution in [0.25, 0.3) is 11.0 Å². The quantitative estimate of drug-likeness (QED) is 0.734. The first-order valence-corrected chi connectivity index (χ1v) is 9.40. The van der Waals surface area contributed by atoms with Crippen LogP contribution in [0, 0.1) is 6.92 Å². The summed E-state index contributed by atoms with van der Waals surface area (Å²) >= 11 is 6.23. The third-order valence-electron chi connectivity index (χ3n) is 4.41. The van der Waals surface area contributed by atoms with Crippen LogP contribution in [0.1, 0.15) is 36.7 Å². The fourth-order valence-corrected chi connectivity index (χ4v) is 3.17. The number of halogens is 1. The average Bonchev–Trinajstić information content (AvgIpc) is 2.61. The minimum absolute atomic E-state index is 0.0820. The number of hydrogen-bond acceptors (Lipinski definition) is 5. The number of fused-ring (bicyclic) bond motifs is 1. The maximum Gasteiger partial charge on any atom is 0.410 e. The molecule has 2 aromatic rings. The Labute approximate surface area is 167 Å². The molecule has 0 unspecified atom stereocenters. The first kappa shape index (κ1) is 20.1. The van der Waals surface area contributed by atoms with Gasteiger partial charge in [0.05, 0.1) is 16.6 Å². The van der Waals surface area contributed by atoms with Crippen molar-refractivity contribution in [2.24, 2.45) is 0 Å². The van der Waals surface area contributed by atoms with Gasteiger partial charge in [-0.3, -0.25) is 9.59 Å². The number of nitrogens with zero attached hydrogens (tertiary/aromatic N) is 3. The first-order valence-electron chi connectivity index (χ1n) is 9.02. The molecule has 8 nitrogen and oxygen atoms in total. The van der Waals surface area contributed by atoms with Crippen LogP contribution in [-0.4, -0.2) is 63.5 Å². The molecule has 0 bridgehead atoms. The van der Waals surface area contributed by atoms with Gasteiger partial charge in [0.25, 0.3) is 11.5 Å². The van der Waals surface area contributed by atoms with Gasteiger partial charge in [-0.2, -0.15) is 0 Å². The van der Waals surface area contributed by atoms with Gasteiger partial charge in [-0.1, -0.05) is 11.6 Å². The molecule has 3 heterocycles. The van der Waals surface area contributed by atoms with E-state index in [9.17, 15) is 14.4 Å². The van der Waals surface area contributed by atoms with Crippen LogP contribution in [-0.2, 0) is 4.74 Å². The van der Waals surface area contributed by atoms with Gasteiger partial charge in [0.15, 0.2) is 0 Å². The lowest BCUT2D eigenvalue weighted by atomic mass is 10.1. The topological polar surface area (TPSA) is 95.6 Å². The molecule has 9 heteroatoms. The van der Waals surface area contributed by atoms with Crippen molar-refractivity contribution < 1.29 is 14.3 Å². The number of aryl methyl sites for hydroxylation is 1. The minimum Gasteiger partial charge on any atom is -0.444 e. The lowest BCUT2D eigenvalue weighted by molar-refractivity contribution is 0.0141. The van der Waals surface area contributed by atoms with Crippen LogP contribution in [0.3, 0.4) is 0 Å². The zero-order valence-corrected chi connectivity index (χ0v) is 17.1. The number of carbonyl (C=O) groups excluding carboxylic acids is 2. The first-order chi connectivity index (χ1) is 13.0. The van der Waals surface area contributed by atoms with Gasteiger partial charge in [-0.15, -0.1) is 0 Å². The molecule has 0 spiro atoms. The maximum atomic E-state index is 12.9. The fraction of sp³-hybridized carbons (Fsp3) is 0.474. The number of ether oxygens (including phenoxy) is 1. The van der Waals surface area contributed by atoms with E-state index in [2.05, 4.69) is 9.97 Å². The van der Waals surface area contributed by atoms with Gasteiger partial charge in [0.2, 0.25) is 0 Å². The summed E-state index contributed by atoms with van der Waals surface area (Å²) in [5, 5.41) is 0.0820. The Morgan fingerprint density at radius 2 is 1.75 bits per heavy atom. The van der Waals surface area contributed by atoms with Gasteiger partial charge in [0.1, 0.15) is 10.8 Å². The molecule has 150 valence electrons. The molecule has 28 heavy (non-hydrogen) atoms. The highest BCUT2D eigenvalue weighted by atomic mass is 35.5. The van der Waals surface area contributed by atoms with Crippen LogP contribution in [0.15, 0.2) is 16.9 Å². The average molecular weight is 407 g/mol. The van der Waals surface area contributed by atoms with Crippen molar-refractivity contribution in [3.63, 3.8) is 0 Å². The normalized spacial score (nSPS) is 15.0. The van der Waals surface area contributed by atoms with E-state index in [1.165, 1.54) is 0 Å². The number of rotatable bonds is 1. The Hall–Kier alpha value is -2.61. The Morgan fingerprint density at radius 3 is 2.36 bits per heavy atom. The summed E-state index contributed by atoms with van der Waals surface area (Å²) in [5.74, 6) is -0.287. The van der Waals surface area contributed by atoms with E-state index < -0.39 is 11.7 Å². The molecule has 0 radical (unpaired) electrons. The van der Waals surface area contributed by atoms with E-state index in [0.29, 0.717) is 42.8 Å². The minimum atomic E-state index is -0.566. The highest BCUT2D eigenvalue weighted by Gasteiger charge is 2.29. The molecule has 2 amide bonds. The summed E-state index contributed by atoms with van der Waals surface area (Å²) in [4.78, 5) is 47.0. The van der Waals surface area contributed by atoms with Crippen molar-refractivity contribution in [3.05, 3.63) is 38.8 Å². The monoisotopic (exact) mass is 406 g/mol. The van der Waals surface area contributed by atoms with Gasteiger partial charge in [0, 0.05) is 31.7 Å². The molecule has 3 rings (SSSR count). The van der Waals surface area contributed by atoms with Crippen LogP contribution in [0.5, 0.6) is 0 Å². The van der Waals surface area contributed by atoms with Crippen molar-refractivity contribution in [2.45, 2.75) is 33.3 Å². The number of amides is 2. The highest BCUT2D eigenvalue weighted by Crippen LogP contribution is 2.21. The molecule has 0 atom stereocenters. The Kier molecular flexibility index (Phi) is 5.34. The van der Waals surface area contributed by atoms with Crippen LogP contribution >= 0.6 is 11.6 Å². The Balaban J connectivity index is 1.75. The number of hydrogen-bond donors (Lipinski definition) is 1. The molecule has 0 aromatic carbocycles. The maximum absolute atomic E-state index is 12.9. The number of aromatic amines is 1. The predicted octanol–water partition coefficient (Wildman–Crippen LogP) is 2.58. The van der Waals surface area contributed by atoms with E-state index in [1.807, 2.05) is 20.8 Å². The fourth-order valence-electron chi connectivity index (χ4n) is 2.94. The summed E-state index contributed by atoms with van der Waals surface area (Å²) < 4.78 is 5.36. The SMILES string of the molecule is Cc1cc2nc(Cl)c(C(=O)N3CCN(C(=O)OC(C)(C)C)CC3)cc2[nH]c1=O. The summed E-state index contributed by atoms with van der Waals surface area (Å²) in [6.07, 6.45) is -0.391. The number of carbonyl (C=O) groups is 2. The summed E-state index contributed by atoms with van der Waals surface area (Å²) in [6, 6.07) is 3.18. The zero-order valence-electron chi connectivity index (χ0n) is 16.3. The number of pyridine rings is 2. The van der Waals surface area contributed by atoms with Crippen molar-refractivity contribution in [1.29, 1.82) is 0 Å². The Morgan fingerprint density at radius 1 is 1.14 bits per heavy atom. The lowest BCUT2D eigenvalue weighted by Crippen LogP contribution is -2.51. The summed E-state index contributed by atoms with van der Waals surface area (Å²) in [5.41, 5.74) is 0.918. The van der Waals surface area contributed by atoms with Gasteiger partial charge >= 0.3 is 6.09 Å². The van der Waals surface area contributed by atoms with Crippen molar-refractivity contribution in [1.82, 2.24) is 19.8 Å². The van der Waals surface area contributed by atoms with E-state index >= 15 is 0 Å². The molecule has 1 saturated heterocycles. The zero-order chi connectivity index (χ0) is 20.6. The van der Waals surface area contributed by atoms with Gasteiger partial charge in [-0.25, -0.2) is 9.78 Å². The molecule has 0 aliphatic carbocycles. The van der Waals surface area contributed by atoms with Crippen LogP contribution < -0.4 is 5.56 Å². The second kappa shape index (κ2) is 7.43. The van der Waals surface area contributed by atoms with Crippen LogP contribution in [0.2, 0.25) is 5.15 Å². The standard InChI is InChI=1S/C19H23ClN4O4/c1-11-9-13-14(22-16(11)25)10-12(15(20)21-13)17(26)23-5-7-24(8-6-23)18(27)28-19(2,3)4/h9-10H,5-8H2,1-4H3,(H,22,25). The highest BCUT2D eigenvalue weighted by molar-refractivity contribution is 6.33. The molecule has 1 fully saturated rings. The Bertz CT molecular complexity index is 988. The molecular weight excluding hydrogens is 384 g/mol. The van der Waals surface area contributed by atoms with Crippen LogP contribution in [0.4, 0.5) is 4.79 Å². The molecule has 0 saturated carbocycles. The number of nitrogens with one attached hydrogen (secondary N) is 1. The smallest absolute Gasteiger partial charge is 0.410 e. The van der Waals surface area contributed by atoms with E-state index in [0.717, 1.165) is 0 Å². The van der Waals surface area contributed by atoms with E-state index in [4.69, 9.17) is 16.3 Å². The second-order valence-corrected chi connectivity index (χ2v) is 8.16. The molecule has 1 aliphatic heterocycles. The molecular formula is C19H23ClN4O4. The van der Waals surface area contributed by atoms with Crippen molar-refractivity contribution >= 4 is 34.6 Å². The third kappa shape index (κ3) is 4.27. The third-order valence-corrected chi connectivity index (χ3v) is 4.70. The van der Waals surface area contributed by atoms with Gasteiger partial charge in [-0.05, 0) is 39.8 Å². The summed E-state index contributed by atoms with van der Waals surface area (Å²) in [6.45, 7) is 8.57. The predicted molar refractivity (Wildman–Crippen MR) is 106 cm³/mol. The van der Waals surface area contributed by atoms with Crippen molar-refractivity contribution in [2.75, 3.05) is 26.2 Å². The number of piperazine rings is 1. The molecule has 1 N–H and O–H groups in total. The second-order valence-electron chi connectivity index (χ2n) is 7.80. The lowest BCUT2D eigenvalue weighted by Gasteiger charge is -2.35. The molecule has 1 aliphatic rings. The van der Waals surface area contributed by atoms with Crippen molar-refractivity contribution in [3.8, 4) is 0 Å². The van der Waals surface area contributed by atoms with E-state index in [-0.39, 0.29) is 22.2 Å². The van der Waals surface area contributed by atoms with Gasteiger partial charge < -0.3 is 19.5 Å². The van der Waals surface area contributed by atoms with E-state index in [1.54, 1.807) is 28.9 Å².